The Kier molecular flexibility index (Phi) is 4.69. The monoisotopic (exact) mass is 562 g/mol. The number of pyridine rings is 2. The Bertz CT molecular complexity index is 2510. The Morgan fingerprint density at radius 1 is 0.386 bits per heavy atom. The van der Waals surface area contributed by atoms with Gasteiger partial charge in [0.15, 0.2) is 0 Å². The van der Waals surface area contributed by atoms with Gasteiger partial charge in [0.25, 0.3) is 0 Å². The predicted molar refractivity (Wildman–Crippen MR) is 183 cm³/mol. The molecule has 2 N–H and O–H groups in total. The van der Waals surface area contributed by atoms with Crippen LogP contribution in [-0.2, 0) is 0 Å². The van der Waals surface area contributed by atoms with Gasteiger partial charge in [0.2, 0.25) is 0 Å². The molecule has 0 spiro atoms. The second-order valence-corrected chi connectivity index (χ2v) is 11.6. The quantitative estimate of drug-likeness (QED) is 0.215. The lowest BCUT2D eigenvalue weighted by Crippen LogP contribution is -1.85. The lowest BCUT2D eigenvalue weighted by atomic mass is 9.97. The first kappa shape index (κ1) is 23.6. The SMILES string of the molecule is c1ccc(-c2c3c4cc(-c5ccc6[nH]c7c(c(-c8ccccc8)c8ccccn87)c6c5)ccc4[nH]c3n3ccccc23)cc1. The van der Waals surface area contributed by atoms with Gasteiger partial charge in [0.1, 0.15) is 11.3 Å². The number of aromatic nitrogens is 4. The number of nitrogens with zero attached hydrogens (tertiary/aromatic N) is 2. The zero-order valence-corrected chi connectivity index (χ0v) is 23.8. The van der Waals surface area contributed by atoms with Crippen LogP contribution in [-0.4, -0.2) is 18.8 Å². The highest BCUT2D eigenvalue weighted by Gasteiger charge is 2.20. The molecule has 0 unspecified atom stereocenters. The molecule has 0 atom stereocenters. The molecule has 6 aromatic heterocycles. The molecule has 0 saturated heterocycles. The van der Waals surface area contributed by atoms with Crippen LogP contribution in [0.5, 0.6) is 0 Å². The fraction of sp³-hybridized carbons (Fsp3) is 0. The molecular formula is C40H26N4. The normalized spacial score (nSPS) is 12.1. The maximum atomic E-state index is 3.74. The average molecular weight is 563 g/mol. The molecule has 0 aliphatic rings. The van der Waals surface area contributed by atoms with Gasteiger partial charge in [-0.15, -0.1) is 0 Å². The van der Waals surface area contributed by atoms with Crippen molar-refractivity contribution in [2.45, 2.75) is 0 Å². The van der Waals surface area contributed by atoms with Gasteiger partial charge in [0.05, 0.1) is 11.0 Å². The van der Waals surface area contributed by atoms with Crippen LogP contribution in [0.3, 0.4) is 0 Å². The van der Waals surface area contributed by atoms with Gasteiger partial charge in [-0.05, 0) is 70.8 Å². The molecule has 206 valence electrons. The van der Waals surface area contributed by atoms with E-state index in [1.54, 1.807) is 0 Å². The highest BCUT2D eigenvalue weighted by atomic mass is 15.0. The van der Waals surface area contributed by atoms with E-state index in [2.05, 4.69) is 165 Å². The van der Waals surface area contributed by atoms with Crippen molar-refractivity contribution >= 4 is 54.9 Å². The third-order valence-corrected chi connectivity index (χ3v) is 9.23. The molecule has 0 bridgehead atoms. The molecular weight excluding hydrogens is 536 g/mol. The molecule has 10 rings (SSSR count). The lowest BCUT2D eigenvalue weighted by Gasteiger charge is -2.06. The Balaban J connectivity index is 1.24. The number of aromatic amines is 2. The molecule has 0 aliphatic heterocycles. The van der Waals surface area contributed by atoms with Crippen LogP contribution in [0, 0.1) is 0 Å². The molecule has 0 saturated carbocycles. The smallest absolute Gasteiger partial charge is 0.123 e. The molecule has 0 amide bonds. The van der Waals surface area contributed by atoms with Gasteiger partial charge in [-0.2, -0.15) is 0 Å². The van der Waals surface area contributed by atoms with E-state index in [1.807, 2.05) is 0 Å². The van der Waals surface area contributed by atoms with Gasteiger partial charge >= 0.3 is 0 Å². The van der Waals surface area contributed by atoms with Gasteiger partial charge < -0.3 is 18.8 Å². The van der Waals surface area contributed by atoms with E-state index in [-0.39, 0.29) is 0 Å². The van der Waals surface area contributed by atoms with Crippen molar-refractivity contribution in [3.05, 3.63) is 146 Å². The molecule has 10 aromatic rings. The van der Waals surface area contributed by atoms with E-state index in [0.717, 1.165) is 22.3 Å². The summed E-state index contributed by atoms with van der Waals surface area (Å²) in [5.41, 5.74) is 14.3. The minimum absolute atomic E-state index is 1.13. The predicted octanol–water partition coefficient (Wildman–Crippen LogP) is 10.5. The Hall–Kier alpha value is -6.00. The summed E-state index contributed by atoms with van der Waals surface area (Å²) >= 11 is 0. The second kappa shape index (κ2) is 8.76. The summed E-state index contributed by atoms with van der Waals surface area (Å²) in [5, 5.41) is 4.99. The summed E-state index contributed by atoms with van der Waals surface area (Å²) < 4.78 is 4.56. The number of H-pyrrole nitrogens is 2. The Morgan fingerprint density at radius 3 is 1.27 bits per heavy atom. The lowest BCUT2D eigenvalue weighted by molar-refractivity contribution is 1.22. The highest BCUT2D eigenvalue weighted by Crippen LogP contribution is 2.43. The zero-order valence-electron chi connectivity index (χ0n) is 23.8. The van der Waals surface area contributed by atoms with Crippen molar-refractivity contribution in [3.63, 3.8) is 0 Å². The van der Waals surface area contributed by atoms with Crippen LogP contribution >= 0.6 is 0 Å². The van der Waals surface area contributed by atoms with Crippen molar-refractivity contribution in [3.8, 4) is 33.4 Å². The van der Waals surface area contributed by atoms with E-state index in [0.29, 0.717) is 0 Å². The van der Waals surface area contributed by atoms with Gasteiger partial charge in [-0.25, -0.2) is 0 Å². The molecule has 44 heavy (non-hydrogen) atoms. The average Bonchev–Trinajstić information content (AvgIpc) is 3.82. The largest absolute Gasteiger partial charge is 0.340 e. The Morgan fingerprint density at radius 2 is 0.818 bits per heavy atom. The minimum atomic E-state index is 1.13. The maximum Gasteiger partial charge on any atom is 0.123 e. The first-order chi connectivity index (χ1) is 21.8. The van der Waals surface area contributed by atoms with Gasteiger partial charge in [-0.3, -0.25) is 0 Å². The van der Waals surface area contributed by atoms with Crippen LogP contribution in [0.4, 0.5) is 0 Å². The standard InChI is InChI=1S/C40H26N4/c1-3-11-25(12-4-1)35-33-15-7-9-21-43(33)39-37(35)29-23-27(17-19-31(29)41-39)28-18-20-32-30(24-28)38-36(26-13-5-2-6-14-26)34-16-8-10-22-44(34)40(38)42-32/h1-24,41-42H. The van der Waals surface area contributed by atoms with Crippen molar-refractivity contribution in [1.29, 1.82) is 0 Å². The third-order valence-electron chi connectivity index (χ3n) is 9.23. The topological polar surface area (TPSA) is 40.4 Å². The summed E-state index contributed by atoms with van der Waals surface area (Å²) in [6.45, 7) is 0. The maximum absolute atomic E-state index is 3.74. The van der Waals surface area contributed by atoms with Crippen molar-refractivity contribution in [1.82, 2.24) is 18.8 Å². The van der Waals surface area contributed by atoms with Crippen molar-refractivity contribution in [2.75, 3.05) is 0 Å². The van der Waals surface area contributed by atoms with E-state index in [9.17, 15) is 0 Å². The molecule has 4 heteroatoms. The minimum Gasteiger partial charge on any atom is -0.340 e. The highest BCUT2D eigenvalue weighted by molar-refractivity contribution is 6.21. The number of rotatable bonds is 3. The molecule has 4 nitrogen and oxygen atoms in total. The third kappa shape index (κ3) is 3.17. The number of fused-ring (bicyclic) bond motifs is 10. The summed E-state index contributed by atoms with van der Waals surface area (Å²) in [6, 6.07) is 48.0. The number of hydrogen-bond acceptors (Lipinski definition) is 0. The van der Waals surface area contributed by atoms with E-state index in [1.165, 1.54) is 66.0 Å². The molecule has 0 aliphatic carbocycles. The second-order valence-electron chi connectivity index (χ2n) is 11.6. The summed E-state index contributed by atoms with van der Waals surface area (Å²) in [5.74, 6) is 0. The van der Waals surface area contributed by atoms with Crippen LogP contribution in [0.2, 0.25) is 0 Å². The van der Waals surface area contributed by atoms with Gasteiger partial charge in [0, 0.05) is 56.1 Å². The zero-order chi connectivity index (χ0) is 28.8. The number of nitrogens with one attached hydrogen (secondary N) is 2. The molecule has 4 aromatic carbocycles. The van der Waals surface area contributed by atoms with E-state index in [4.69, 9.17) is 0 Å². The van der Waals surface area contributed by atoms with Gasteiger partial charge in [-0.1, -0.05) is 84.9 Å². The van der Waals surface area contributed by atoms with Crippen molar-refractivity contribution < 1.29 is 0 Å². The van der Waals surface area contributed by atoms with Crippen LogP contribution < -0.4 is 0 Å². The molecule has 6 heterocycles. The molecule has 0 fully saturated rings. The fourth-order valence-electron chi connectivity index (χ4n) is 7.32. The number of hydrogen-bond donors (Lipinski definition) is 2. The van der Waals surface area contributed by atoms with Crippen LogP contribution in [0.25, 0.3) is 88.3 Å². The fourth-order valence-corrected chi connectivity index (χ4v) is 7.32. The van der Waals surface area contributed by atoms with Crippen LogP contribution in [0.1, 0.15) is 0 Å². The summed E-state index contributed by atoms with van der Waals surface area (Å²) in [7, 11) is 0. The summed E-state index contributed by atoms with van der Waals surface area (Å²) in [4.78, 5) is 7.47. The van der Waals surface area contributed by atoms with E-state index >= 15 is 0 Å². The van der Waals surface area contributed by atoms with Crippen molar-refractivity contribution in [2.24, 2.45) is 0 Å². The first-order valence-electron chi connectivity index (χ1n) is 15.0. The molecule has 0 radical (unpaired) electrons. The van der Waals surface area contributed by atoms with Crippen LogP contribution in [0.15, 0.2) is 146 Å². The first-order valence-corrected chi connectivity index (χ1v) is 15.0. The number of benzene rings is 4. The van der Waals surface area contributed by atoms with E-state index < -0.39 is 0 Å². The Labute approximate surface area is 252 Å². The summed E-state index contributed by atoms with van der Waals surface area (Å²) in [6.07, 6.45) is 4.30.